The number of carbonyl (C=O) groups excluding carboxylic acids is 1. The van der Waals surface area contributed by atoms with Crippen molar-refractivity contribution in [3.8, 4) is 0 Å². The molecule has 5 heteroatoms. The first-order chi connectivity index (χ1) is 7.24. The minimum absolute atomic E-state index is 0.208. The van der Waals surface area contributed by atoms with E-state index in [1.807, 2.05) is 12.1 Å². The number of rotatable bonds is 2. The summed E-state index contributed by atoms with van der Waals surface area (Å²) in [5.74, 6) is -0.469. The summed E-state index contributed by atoms with van der Waals surface area (Å²) in [7, 11) is 0. The Morgan fingerprint density at radius 2 is 2.40 bits per heavy atom. The van der Waals surface area contributed by atoms with E-state index in [4.69, 9.17) is 9.26 Å². The molecule has 0 N–H and O–H groups in total. The van der Waals surface area contributed by atoms with Gasteiger partial charge in [0.2, 0.25) is 0 Å². The van der Waals surface area contributed by atoms with Crippen molar-refractivity contribution in [2.24, 2.45) is 0 Å². The quantitative estimate of drug-likeness (QED) is 0.787. The standard InChI is InChI=1S/C10H8BrNO3/c1-2-14-10(13)9-8-6(11)4-3-5-7(8)15-12-9/h3-5H,2H2,1H3. The predicted octanol–water partition coefficient (Wildman–Crippen LogP) is 2.77. The Hall–Kier alpha value is -1.36. The number of halogens is 1. The summed E-state index contributed by atoms with van der Waals surface area (Å²) in [5, 5.41) is 4.34. The molecule has 1 aromatic heterocycles. The van der Waals surface area contributed by atoms with E-state index in [1.54, 1.807) is 13.0 Å². The average Bonchev–Trinajstić information content (AvgIpc) is 2.63. The summed E-state index contributed by atoms with van der Waals surface area (Å²) in [4.78, 5) is 11.5. The van der Waals surface area contributed by atoms with E-state index in [0.717, 1.165) is 4.47 Å². The monoisotopic (exact) mass is 269 g/mol. The predicted molar refractivity (Wildman–Crippen MR) is 57.7 cm³/mol. The molecule has 1 heterocycles. The molecule has 2 rings (SSSR count). The van der Waals surface area contributed by atoms with Gasteiger partial charge in [0.15, 0.2) is 11.3 Å². The highest BCUT2D eigenvalue weighted by Gasteiger charge is 2.18. The highest BCUT2D eigenvalue weighted by atomic mass is 79.9. The van der Waals surface area contributed by atoms with E-state index in [1.165, 1.54) is 0 Å². The molecule has 1 aromatic carbocycles. The van der Waals surface area contributed by atoms with E-state index in [0.29, 0.717) is 17.6 Å². The van der Waals surface area contributed by atoms with Gasteiger partial charge in [0.05, 0.1) is 12.0 Å². The number of fused-ring (bicyclic) bond motifs is 1. The topological polar surface area (TPSA) is 52.3 Å². The van der Waals surface area contributed by atoms with Gasteiger partial charge in [-0.3, -0.25) is 0 Å². The second kappa shape index (κ2) is 4.02. The van der Waals surface area contributed by atoms with Crippen molar-refractivity contribution >= 4 is 32.9 Å². The van der Waals surface area contributed by atoms with Crippen LogP contribution in [0.15, 0.2) is 27.2 Å². The van der Waals surface area contributed by atoms with Crippen molar-refractivity contribution in [2.45, 2.75) is 6.92 Å². The molecule has 0 saturated heterocycles. The number of nitrogens with zero attached hydrogens (tertiary/aromatic N) is 1. The van der Waals surface area contributed by atoms with Crippen molar-refractivity contribution < 1.29 is 14.1 Å². The molecule has 0 aliphatic heterocycles. The Morgan fingerprint density at radius 3 is 3.13 bits per heavy atom. The summed E-state index contributed by atoms with van der Waals surface area (Å²) in [5.41, 5.74) is 0.770. The molecular weight excluding hydrogens is 262 g/mol. The molecule has 78 valence electrons. The first-order valence-corrected chi connectivity index (χ1v) is 5.24. The largest absolute Gasteiger partial charge is 0.461 e. The van der Waals surface area contributed by atoms with Crippen LogP contribution >= 0.6 is 15.9 Å². The molecule has 15 heavy (non-hydrogen) atoms. The van der Waals surface area contributed by atoms with Gasteiger partial charge in [-0.2, -0.15) is 0 Å². The lowest BCUT2D eigenvalue weighted by molar-refractivity contribution is 0.0517. The molecule has 0 amide bonds. The minimum Gasteiger partial charge on any atom is -0.461 e. The van der Waals surface area contributed by atoms with Crippen LogP contribution in [0.3, 0.4) is 0 Å². The van der Waals surface area contributed by atoms with Crippen LogP contribution in [-0.4, -0.2) is 17.7 Å². The van der Waals surface area contributed by atoms with E-state index in [9.17, 15) is 4.79 Å². The lowest BCUT2D eigenvalue weighted by Crippen LogP contribution is -2.05. The number of aromatic nitrogens is 1. The van der Waals surface area contributed by atoms with Crippen molar-refractivity contribution in [2.75, 3.05) is 6.61 Å². The zero-order chi connectivity index (χ0) is 10.8. The average molecular weight is 270 g/mol. The molecule has 0 spiro atoms. The van der Waals surface area contributed by atoms with Gasteiger partial charge in [0.25, 0.3) is 0 Å². The number of carbonyl (C=O) groups is 1. The van der Waals surface area contributed by atoms with Gasteiger partial charge in [0, 0.05) is 4.47 Å². The van der Waals surface area contributed by atoms with Gasteiger partial charge in [0.1, 0.15) is 0 Å². The maximum Gasteiger partial charge on any atom is 0.361 e. The zero-order valence-corrected chi connectivity index (χ0v) is 9.58. The first kappa shape index (κ1) is 10.2. The number of ether oxygens (including phenoxy) is 1. The van der Waals surface area contributed by atoms with E-state index < -0.39 is 5.97 Å². The molecule has 0 unspecified atom stereocenters. The third-order valence-electron chi connectivity index (χ3n) is 1.92. The van der Waals surface area contributed by atoms with Crippen LogP contribution in [0.25, 0.3) is 11.0 Å². The van der Waals surface area contributed by atoms with Gasteiger partial charge >= 0.3 is 5.97 Å². The van der Waals surface area contributed by atoms with Crippen LogP contribution in [0.1, 0.15) is 17.4 Å². The third kappa shape index (κ3) is 1.74. The molecule has 0 saturated carbocycles. The SMILES string of the molecule is CCOC(=O)c1noc2cccc(Br)c12. The molecule has 0 bridgehead atoms. The Balaban J connectivity index is 2.57. The summed E-state index contributed by atoms with van der Waals surface area (Å²) in [6, 6.07) is 5.38. The highest BCUT2D eigenvalue weighted by Crippen LogP contribution is 2.27. The zero-order valence-electron chi connectivity index (χ0n) is 7.99. The van der Waals surface area contributed by atoms with Crippen molar-refractivity contribution in [3.63, 3.8) is 0 Å². The molecular formula is C10H8BrNO3. The number of hydrogen-bond acceptors (Lipinski definition) is 4. The number of benzene rings is 1. The Kier molecular flexibility index (Phi) is 2.73. The van der Waals surface area contributed by atoms with Crippen molar-refractivity contribution in [1.29, 1.82) is 0 Å². The van der Waals surface area contributed by atoms with Crippen LogP contribution in [0.5, 0.6) is 0 Å². The highest BCUT2D eigenvalue weighted by molar-refractivity contribution is 9.10. The fraction of sp³-hybridized carbons (Fsp3) is 0.200. The van der Waals surface area contributed by atoms with Gasteiger partial charge in [-0.25, -0.2) is 4.79 Å². The fourth-order valence-electron chi connectivity index (χ4n) is 1.29. The van der Waals surface area contributed by atoms with E-state index >= 15 is 0 Å². The fourth-order valence-corrected chi connectivity index (χ4v) is 1.83. The van der Waals surface area contributed by atoms with Crippen LogP contribution in [0, 0.1) is 0 Å². The molecule has 0 aliphatic carbocycles. The smallest absolute Gasteiger partial charge is 0.361 e. The molecule has 2 aromatic rings. The molecule has 0 atom stereocenters. The van der Waals surface area contributed by atoms with E-state index in [2.05, 4.69) is 21.1 Å². The number of esters is 1. The van der Waals surface area contributed by atoms with Gasteiger partial charge < -0.3 is 9.26 Å². The lowest BCUT2D eigenvalue weighted by Gasteiger charge is -1.97. The van der Waals surface area contributed by atoms with Gasteiger partial charge in [-0.15, -0.1) is 0 Å². The Labute approximate surface area is 94.3 Å². The molecule has 0 aliphatic rings. The Bertz CT molecular complexity index is 506. The third-order valence-corrected chi connectivity index (χ3v) is 2.58. The Morgan fingerprint density at radius 1 is 1.60 bits per heavy atom. The van der Waals surface area contributed by atoms with Crippen LogP contribution in [0.4, 0.5) is 0 Å². The first-order valence-electron chi connectivity index (χ1n) is 4.45. The second-order valence-corrected chi connectivity index (χ2v) is 3.72. The van der Waals surface area contributed by atoms with Crippen LogP contribution in [-0.2, 0) is 4.74 Å². The van der Waals surface area contributed by atoms with Crippen molar-refractivity contribution in [3.05, 3.63) is 28.4 Å². The summed E-state index contributed by atoms with van der Waals surface area (Å²) < 4.78 is 10.7. The lowest BCUT2D eigenvalue weighted by atomic mass is 10.2. The maximum atomic E-state index is 11.5. The van der Waals surface area contributed by atoms with Crippen molar-refractivity contribution in [1.82, 2.24) is 5.16 Å². The second-order valence-electron chi connectivity index (χ2n) is 2.86. The van der Waals surface area contributed by atoms with E-state index in [-0.39, 0.29) is 5.69 Å². The minimum atomic E-state index is -0.469. The molecule has 4 nitrogen and oxygen atoms in total. The molecule has 0 radical (unpaired) electrons. The summed E-state index contributed by atoms with van der Waals surface area (Å²) in [6.07, 6.45) is 0. The summed E-state index contributed by atoms with van der Waals surface area (Å²) >= 11 is 3.34. The van der Waals surface area contributed by atoms with Crippen LogP contribution < -0.4 is 0 Å². The maximum absolute atomic E-state index is 11.5. The molecule has 0 fully saturated rings. The summed E-state index contributed by atoms with van der Waals surface area (Å²) in [6.45, 7) is 2.06. The normalized spacial score (nSPS) is 10.5. The number of hydrogen-bond donors (Lipinski definition) is 0. The van der Waals surface area contributed by atoms with Crippen LogP contribution in [0.2, 0.25) is 0 Å². The van der Waals surface area contributed by atoms with Gasteiger partial charge in [-0.05, 0) is 35.0 Å². The van der Waals surface area contributed by atoms with Gasteiger partial charge in [-0.1, -0.05) is 11.2 Å².